The van der Waals surface area contributed by atoms with Gasteiger partial charge in [0.1, 0.15) is 11.4 Å². The maximum absolute atomic E-state index is 12.7. The summed E-state index contributed by atoms with van der Waals surface area (Å²) in [5.41, 5.74) is 6.52. The van der Waals surface area contributed by atoms with Gasteiger partial charge in [-0.05, 0) is 55.2 Å². The first-order chi connectivity index (χ1) is 18.2. The van der Waals surface area contributed by atoms with Crippen molar-refractivity contribution < 1.29 is 9.53 Å². The first kappa shape index (κ1) is 23.7. The summed E-state index contributed by atoms with van der Waals surface area (Å²) in [7, 11) is 0. The minimum atomic E-state index is 0.273. The molecular weight excluding hydrogens is 460 g/mol. The number of aromatic nitrogens is 2. The van der Waals surface area contributed by atoms with Crippen LogP contribution in [0.3, 0.4) is 0 Å². The summed E-state index contributed by atoms with van der Waals surface area (Å²) in [5.74, 6) is 1.52. The minimum absolute atomic E-state index is 0.273. The number of piperazine rings is 1. The van der Waals surface area contributed by atoms with E-state index >= 15 is 0 Å². The van der Waals surface area contributed by atoms with Gasteiger partial charge in [0.2, 0.25) is 5.91 Å². The molecule has 6 rings (SSSR count). The number of hydrogen-bond acceptors (Lipinski definition) is 4. The molecule has 6 nitrogen and oxygen atoms in total. The highest BCUT2D eigenvalue weighted by molar-refractivity contribution is 5.79. The molecular formula is C31H34N4O2. The van der Waals surface area contributed by atoms with Gasteiger partial charge in [0.05, 0.1) is 18.0 Å². The van der Waals surface area contributed by atoms with Gasteiger partial charge in [-0.2, -0.15) is 0 Å². The Labute approximate surface area is 218 Å². The van der Waals surface area contributed by atoms with Gasteiger partial charge in [-0.1, -0.05) is 48.9 Å². The van der Waals surface area contributed by atoms with E-state index in [4.69, 9.17) is 9.72 Å². The van der Waals surface area contributed by atoms with E-state index < -0.39 is 0 Å². The third-order valence-corrected chi connectivity index (χ3v) is 7.75. The van der Waals surface area contributed by atoms with Crippen LogP contribution in [-0.2, 0) is 11.3 Å². The van der Waals surface area contributed by atoms with Crippen LogP contribution in [0.15, 0.2) is 72.9 Å². The molecule has 0 atom stereocenters. The van der Waals surface area contributed by atoms with Crippen LogP contribution in [0.1, 0.15) is 31.9 Å². The molecule has 0 spiro atoms. The van der Waals surface area contributed by atoms with E-state index in [1.807, 2.05) is 25.1 Å². The third kappa shape index (κ3) is 4.86. The summed E-state index contributed by atoms with van der Waals surface area (Å²) in [6, 6.07) is 22.9. The molecule has 2 aromatic heterocycles. The lowest BCUT2D eigenvalue weighted by Gasteiger charge is -2.38. The SMILES string of the molecule is CCOc1cccc(-c2ccc3nc(-c4ccccc4)c(CN4CCN(C(=O)C5CCC5)CC4)n3c2)c1. The topological polar surface area (TPSA) is 50.1 Å². The molecule has 1 aliphatic carbocycles. The smallest absolute Gasteiger partial charge is 0.225 e. The van der Waals surface area contributed by atoms with Gasteiger partial charge in [-0.3, -0.25) is 9.69 Å². The molecule has 1 amide bonds. The van der Waals surface area contributed by atoms with E-state index in [1.165, 1.54) is 12.1 Å². The average Bonchev–Trinajstić information content (AvgIpc) is 3.26. The highest BCUT2D eigenvalue weighted by Gasteiger charge is 2.31. The van der Waals surface area contributed by atoms with E-state index in [1.54, 1.807) is 0 Å². The van der Waals surface area contributed by atoms with Crippen molar-refractivity contribution in [2.75, 3.05) is 32.8 Å². The van der Waals surface area contributed by atoms with Crippen LogP contribution in [-0.4, -0.2) is 57.9 Å². The molecule has 1 aliphatic heterocycles. The lowest BCUT2D eigenvalue weighted by molar-refractivity contribution is -0.140. The van der Waals surface area contributed by atoms with Crippen LogP contribution in [0.25, 0.3) is 28.0 Å². The minimum Gasteiger partial charge on any atom is -0.494 e. The molecule has 1 saturated heterocycles. The van der Waals surface area contributed by atoms with E-state index in [-0.39, 0.29) is 5.92 Å². The Morgan fingerprint density at radius 3 is 2.43 bits per heavy atom. The molecule has 0 bridgehead atoms. The molecule has 2 fully saturated rings. The van der Waals surface area contributed by atoms with Crippen molar-refractivity contribution in [1.29, 1.82) is 0 Å². The number of carbonyl (C=O) groups excluding carboxylic acids is 1. The van der Waals surface area contributed by atoms with Crippen molar-refractivity contribution in [2.24, 2.45) is 5.92 Å². The van der Waals surface area contributed by atoms with Gasteiger partial charge in [-0.25, -0.2) is 4.98 Å². The second-order valence-corrected chi connectivity index (χ2v) is 10.1. The Morgan fingerprint density at radius 2 is 1.70 bits per heavy atom. The van der Waals surface area contributed by atoms with Gasteiger partial charge < -0.3 is 14.0 Å². The standard InChI is InChI=1S/C31H34N4O2/c1-2-37-27-13-7-12-25(20-27)26-14-15-29-32-30(23-8-4-3-5-9-23)28(35(29)21-26)22-33-16-18-34(19-17-33)31(36)24-10-6-11-24/h3-5,7-9,12-15,20-21,24H,2,6,10-11,16-19,22H2,1H3. The number of benzene rings is 2. The Kier molecular flexibility index (Phi) is 6.66. The molecule has 190 valence electrons. The number of ether oxygens (including phenoxy) is 1. The van der Waals surface area contributed by atoms with Crippen LogP contribution in [0, 0.1) is 5.92 Å². The zero-order valence-electron chi connectivity index (χ0n) is 21.5. The maximum Gasteiger partial charge on any atom is 0.225 e. The van der Waals surface area contributed by atoms with Crippen LogP contribution in [0.5, 0.6) is 5.75 Å². The predicted octanol–water partition coefficient (Wildman–Crippen LogP) is 5.51. The Balaban J connectivity index is 1.31. The summed E-state index contributed by atoms with van der Waals surface area (Å²) in [6.45, 7) is 6.83. The summed E-state index contributed by atoms with van der Waals surface area (Å²) in [4.78, 5) is 22.3. The van der Waals surface area contributed by atoms with Crippen LogP contribution in [0.2, 0.25) is 0 Å². The second-order valence-electron chi connectivity index (χ2n) is 10.1. The lowest BCUT2D eigenvalue weighted by Crippen LogP contribution is -2.50. The molecule has 4 aromatic rings. The van der Waals surface area contributed by atoms with E-state index in [2.05, 4.69) is 68.9 Å². The van der Waals surface area contributed by atoms with Crippen molar-refractivity contribution in [3.05, 3.63) is 78.6 Å². The number of imidazole rings is 1. The van der Waals surface area contributed by atoms with Crippen LogP contribution < -0.4 is 4.74 Å². The molecule has 0 unspecified atom stereocenters. The zero-order valence-corrected chi connectivity index (χ0v) is 21.5. The van der Waals surface area contributed by atoms with E-state index in [9.17, 15) is 4.79 Å². The zero-order chi connectivity index (χ0) is 25.2. The first-order valence-corrected chi connectivity index (χ1v) is 13.5. The largest absolute Gasteiger partial charge is 0.494 e. The van der Waals surface area contributed by atoms with Crippen molar-refractivity contribution in [1.82, 2.24) is 19.2 Å². The lowest BCUT2D eigenvalue weighted by atomic mass is 9.84. The van der Waals surface area contributed by atoms with Crippen molar-refractivity contribution in [3.8, 4) is 28.1 Å². The molecule has 2 aliphatic rings. The van der Waals surface area contributed by atoms with Gasteiger partial charge in [0, 0.05) is 50.4 Å². The molecule has 6 heteroatoms. The fourth-order valence-electron chi connectivity index (χ4n) is 5.43. The number of rotatable bonds is 7. The summed E-state index contributed by atoms with van der Waals surface area (Å²) < 4.78 is 7.99. The highest BCUT2D eigenvalue weighted by atomic mass is 16.5. The van der Waals surface area contributed by atoms with Gasteiger partial charge in [-0.15, -0.1) is 0 Å². The summed E-state index contributed by atoms with van der Waals surface area (Å²) >= 11 is 0. The van der Waals surface area contributed by atoms with Crippen LogP contribution in [0.4, 0.5) is 0 Å². The normalized spacial score (nSPS) is 16.6. The van der Waals surface area contributed by atoms with Gasteiger partial charge in [0.25, 0.3) is 0 Å². The third-order valence-electron chi connectivity index (χ3n) is 7.75. The van der Waals surface area contributed by atoms with Gasteiger partial charge in [0.15, 0.2) is 0 Å². The fraction of sp³-hybridized carbons (Fsp3) is 0.355. The molecule has 1 saturated carbocycles. The quantitative estimate of drug-likeness (QED) is 0.340. The van der Waals surface area contributed by atoms with Crippen molar-refractivity contribution in [3.63, 3.8) is 0 Å². The Bertz CT molecular complexity index is 1390. The van der Waals surface area contributed by atoms with E-state index in [0.717, 1.165) is 79.3 Å². The highest BCUT2D eigenvalue weighted by Crippen LogP contribution is 2.31. The molecule has 2 aromatic carbocycles. The number of carbonyl (C=O) groups is 1. The van der Waals surface area contributed by atoms with Crippen molar-refractivity contribution >= 4 is 11.6 Å². The number of pyridine rings is 1. The second kappa shape index (κ2) is 10.4. The molecule has 0 N–H and O–H groups in total. The number of nitrogens with zero attached hydrogens (tertiary/aromatic N) is 4. The molecule has 0 radical (unpaired) electrons. The monoisotopic (exact) mass is 494 g/mol. The van der Waals surface area contributed by atoms with E-state index in [0.29, 0.717) is 12.5 Å². The maximum atomic E-state index is 12.7. The van der Waals surface area contributed by atoms with Crippen molar-refractivity contribution in [2.45, 2.75) is 32.7 Å². The van der Waals surface area contributed by atoms with Gasteiger partial charge >= 0.3 is 0 Å². The number of amides is 1. The Hall–Kier alpha value is -3.64. The molecule has 37 heavy (non-hydrogen) atoms. The number of hydrogen-bond donors (Lipinski definition) is 0. The summed E-state index contributed by atoms with van der Waals surface area (Å²) in [5, 5.41) is 0. The number of fused-ring (bicyclic) bond motifs is 1. The predicted molar refractivity (Wildman–Crippen MR) is 146 cm³/mol. The van der Waals surface area contributed by atoms with Crippen LogP contribution >= 0.6 is 0 Å². The first-order valence-electron chi connectivity index (χ1n) is 13.5. The Morgan fingerprint density at radius 1 is 0.919 bits per heavy atom. The molecule has 3 heterocycles. The average molecular weight is 495 g/mol. The fourth-order valence-corrected chi connectivity index (χ4v) is 5.43. The summed E-state index contributed by atoms with van der Waals surface area (Å²) in [6.07, 6.45) is 5.53.